The lowest BCUT2D eigenvalue weighted by Gasteiger charge is -2.05. The Morgan fingerprint density at radius 2 is 2.09 bits per heavy atom. The Bertz CT molecular complexity index is 134. The molecule has 0 unspecified atom stereocenters. The van der Waals surface area contributed by atoms with Gasteiger partial charge in [-0.2, -0.15) is 13.2 Å². The fraction of sp³-hybridized carbons (Fsp3) is 0.800. The van der Waals surface area contributed by atoms with E-state index in [1.54, 1.807) is 12.4 Å². The van der Waals surface area contributed by atoms with E-state index in [2.05, 4.69) is 4.84 Å². The van der Waals surface area contributed by atoms with Crippen LogP contribution in [-0.2, 0) is 9.63 Å². The van der Waals surface area contributed by atoms with Crippen molar-refractivity contribution in [3.8, 4) is 0 Å². The van der Waals surface area contributed by atoms with Crippen molar-refractivity contribution in [3.63, 3.8) is 0 Å². The molecule has 0 fully saturated rings. The highest BCUT2D eigenvalue weighted by atomic mass is 19.4. The minimum absolute atomic E-state index is 0.142. The quantitative estimate of drug-likeness (QED) is 0.643. The number of amides is 1. The van der Waals surface area contributed by atoms with E-state index in [0.717, 1.165) is 0 Å². The second kappa shape index (κ2) is 4.17. The third-order valence-corrected chi connectivity index (χ3v) is 0.691. The molecule has 3 nitrogen and oxygen atoms in total. The van der Waals surface area contributed by atoms with Crippen LogP contribution in [-0.4, -0.2) is 18.7 Å². The number of hydrogen-bond acceptors (Lipinski definition) is 2. The summed E-state index contributed by atoms with van der Waals surface area (Å²) in [7, 11) is 0. The lowest BCUT2D eigenvalue weighted by atomic mass is 10.4. The Labute approximate surface area is 61.5 Å². The Hall–Kier alpha value is -0.780. The smallest absolute Gasteiger partial charge is 0.274 e. The first-order valence-corrected chi connectivity index (χ1v) is 2.93. The summed E-state index contributed by atoms with van der Waals surface area (Å²) < 4.78 is 34.3. The molecule has 1 N–H and O–H groups in total. The highest BCUT2D eigenvalue weighted by Crippen LogP contribution is 2.18. The second-order valence-electron chi connectivity index (χ2n) is 1.75. The van der Waals surface area contributed by atoms with Crippen LogP contribution < -0.4 is 5.48 Å². The van der Waals surface area contributed by atoms with Gasteiger partial charge >= 0.3 is 6.18 Å². The van der Waals surface area contributed by atoms with Crippen molar-refractivity contribution >= 4 is 5.91 Å². The summed E-state index contributed by atoms with van der Waals surface area (Å²) >= 11 is 0. The molecule has 0 saturated carbocycles. The molecule has 0 bridgehead atoms. The molecule has 0 spiro atoms. The molecule has 0 heterocycles. The van der Waals surface area contributed by atoms with Gasteiger partial charge in [-0.3, -0.25) is 9.63 Å². The third kappa shape index (κ3) is 7.11. The van der Waals surface area contributed by atoms with Crippen LogP contribution in [0.5, 0.6) is 0 Å². The zero-order chi connectivity index (χ0) is 8.91. The fourth-order valence-corrected chi connectivity index (χ4v) is 0.371. The van der Waals surface area contributed by atoms with Crippen LogP contribution >= 0.6 is 0 Å². The predicted octanol–water partition coefficient (Wildman–Crippen LogP) is 1.01. The SMILES string of the molecule is CCONC(=O)CC(F)(F)F. The summed E-state index contributed by atoms with van der Waals surface area (Å²) in [5.74, 6) is -1.18. The molecule has 0 radical (unpaired) electrons. The van der Waals surface area contributed by atoms with E-state index in [0.29, 0.717) is 0 Å². The van der Waals surface area contributed by atoms with Gasteiger partial charge in [0.25, 0.3) is 5.91 Å². The molecule has 0 aromatic rings. The zero-order valence-corrected chi connectivity index (χ0v) is 5.86. The number of carbonyl (C=O) groups excluding carboxylic acids is 1. The number of hydroxylamine groups is 1. The van der Waals surface area contributed by atoms with Gasteiger partial charge in [0.1, 0.15) is 6.42 Å². The zero-order valence-electron chi connectivity index (χ0n) is 5.86. The number of alkyl halides is 3. The Balaban J connectivity index is 3.53. The van der Waals surface area contributed by atoms with E-state index in [4.69, 9.17) is 0 Å². The molecule has 0 aliphatic carbocycles. The standard InChI is InChI=1S/C5H8F3NO2/c1-2-11-9-4(10)3-5(6,7)8/h2-3H2,1H3,(H,9,10). The van der Waals surface area contributed by atoms with Crippen molar-refractivity contribution in [1.29, 1.82) is 0 Å². The fourth-order valence-electron chi connectivity index (χ4n) is 0.371. The molecule has 0 aliphatic heterocycles. The van der Waals surface area contributed by atoms with Gasteiger partial charge in [-0.15, -0.1) is 0 Å². The van der Waals surface area contributed by atoms with Gasteiger partial charge in [-0.1, -0.05) is 0 Å². The van der Waals surface area contributed by atoms with E-state index >= 15 is 0 Å². The Kier molecular flexibility index (Phi) is 3.88. The van der Waals surface area contributed by atoms with Crippen molar-refractivity contribution in [2.45, 2.75) is 19.5 Å². The van der Waals surface area contributed by atoms with Crippen LogP contribution in [0.25, 0.3) is 0 Å². The molecular formula is C5H8F3NO2. The van der Waals surface area contributed by atoms with E-state index in [1.807, 2.05) is 0 Å². The van der Waals surface area contributed by atoms with Gasteiger partial charge in [0.2, 0.25) is 0 Å². The largest absolute Gasteiger partial charge is 0.397 e. The molecule has 11 heavy (non-hydrogen) atoms. The minimum atomic E-state index is -4.47. The van der Waals surface area contributed by atoms with Crippen molar-refractivity contribution in [2.24, 2.45) is 0 Å². The molecule has 0 aromatic carbocycles. The van der Waals surface area contributed by atoms with Crippen LogP contribution in [0.1, 0.15) is 13.3 Å². The molecule has 0 aromatic heterocycles. The summed E-state index contributed by atoms with van der Waals surface area (Å²) in [6, 6.07) is 0. The van der Waals surface area contributed by atoms with Gasteiger partial charge in [0.05, 0.1) is 6.61 Å². The Morgan fingerprint density at radius 1 is 1.55 bits per heavy atom. The number of hydrogen-bond donors (Lipinski definition) is 1. The normalized spacial score (nSPS) is 11.3. The predicted molar refractivity (Wildman–Crippen MR) is 30.4 cm³/mol. The molecule has 0 rings (SSSR count). The molecule has 0 atom stereocenters. The highest BCUT2D eigenvalue weighted by Gasteiger charge is 2.31. The molecular weight excluding hydrogens is 163 g/mol. The van der Waals surface area contributed by atoms with Crippen LogP contribution in [0.4, 0.5) is 13.2 Å². The lowest BCUT2D eigenvalue weighted by Crippen LogP contribution is -2.28. The Morgan fingerprint density at radius 3 is 2.45 bits per heavy atom. The number of carbonyl (C=O) groups is 1. The van der Waals surface area contributed by atoms with Crippen LogP contribution in [0.2, 0.25) is 0 Å². The maximum Gasteiger partial charge on any atom is 0.397 e. The summed E-state index contributed by atoms with van der Waals surface area (Å²) in [5, 5.41) is 0. The summed E-state index contributed by atoms with van der Waals surface area (Å²) in [4.78, 5) is 14.5. The summed E-state index contributed by atoms with van der Waals surface area (Å²) in [6.07, 6.45) is -5.98. The molecule has 0 saturated heterocycles. The van der Waals surface area contributed by atoms with Crippen LogP contribution in [0, 0.1) is 0 Å². The molecule has 0 aliphatic rings. The van der Waals surface area contributed by atoms with Crippen molar-refractivity contribution < 1.29 is 22.8 Å². The lowest BCUT2D eigenvalue weighted by molar-refractivity contribution is -0.162. The van der Waals surface area contributed by atoms with Crippen molar-refractivity contribution in [2.75, 3.05) is 6.61 Å². The van der Waals surface area contributed by atoms with Gasteiger partial charge < -0.3 is 0 Å². The molecule has 6 heteroatoms. The maximum atomic E-state index is 11.4. The first-order valence-electron chi connectivity index (χ1n) is 2.93. The first-order chi connectivity index (χ1) is 4.95. The first kappa shape index (κ1) is 10.2. The summed E-state index contributed by atoms with van der Waals surface area (Å²) in [6.45, 7) is 1.69. The number of rotatable bonds is 3. The third-order valence-electron chi connectivity index (χ3n) is 0.691. The highest BCUT2D eigenvalue weighted by molar-refractivity contribution is 5.75. The number of halogens is 3. The van der Waals surface area contributed by atoms with Gasteiger partial charge in [-0.05, 0) is 6.92 Å². The average molecular weight is 171 g/mol. The van der Waals surface area contributed by atoms with Gasteiger partial charge in [0, 0.05) is 0 Å². The average Bonchev–Trinajstić information content (AvgIpc) is 1.79. The summed E-state index contributed by atoms with van der Waals surface area (Å²) in [5.41, 5.74) is 1.63. The van der Waals surface area contributed by atoms with Crippen LogP contribution in [0.15, 0.2) is 0 Å². The van der Waals surface area contributed by atoms with Crippen molar-refractivity contribution in [1.82, 2.24) is 5.48 Å². The van der Waals surface area contributed by atoms with E-state index < -0.39 is 18.5 Å². The van der Waals surface area contributed by atoms with Gasteiger partial charge in [-0.25, -0.2) is 5.48 Å². The van der Waals surface area contributed by atoms with E-state index in [1.165, 1.54) is 0 Å². The minimum Gasteiger partial charge on any atom is -0.274 e. The van der Waals surface area contributed by atoms with E-state index in [-0.39, 0.29) is 6.61 Å². The topological polar surface area (TPSA) is 38.3 Å². The van der Waals surface area contributed by atoms with E-state index in [9.17, 15) is 18.0 Å². The van der Waals surface area contributed by atoms with Gasteiger partial charge in [0.15, 0.2) is 0 Å². The monoisotopic (exact) mass is 171 g/mol. The van der Waals surface area contributed by atoms with Crippen molar-refractivity contribution in [3.05, 3.63) is 0 Å². The molecule has 1 amide bonds. The number of nitrogens with one attached hydrogen (secondary N) is 1. The maximum absolute atomic E-state index is 11.4. The molecule has 66 valence electrons. The second-order valence-corrected chi connectivity index (χ2v) is 1.75. The van der Waals surface area contributed by atoms with Crippen LogP contribution in [0.3, 0.4) is 0 Å².